The SMILES string of the molecule is CCN(CC)c1ccc(C(=O)N2CCc3ccccc3C2)cc1. The zero-order valence-corrected chi connectivity index (χ0v) is 14.0. The van der Waals surface area contributed by atoms with Crippen LogP contribution < -0.4 is 4.90 Å². The Morgan fingerprint density at radius 3 is 2.30 bits per heavy atom. The van der Waals surface area contributed by atoms with Crippen molar-refractivity contribution >= 4 is 11.6 Å². The van der Waals surface area contributed by atoms with Gasteiger partial charge < -0.3 is 9.80 Å². The summed E-state index contributed by atoms with van der Waals surface area (Å²) in [6, 6.07) is 16.4. The largest absolute Gasteiger partial charge is 0.372 e. The number of fused-ring (bicyclic) bond motifs is 1. The van der Waals surface area contributed by atoms with Gasteiger partial charge in [-0.2, -0.15) is 0 Å². The fourth-order valence-electron chi connectivity index (χ4n) is 3.26. The van der Waals surface area contributed by atoms with E-state index in [0.717, 1.165) is 31.6 Å². The molecule has 0 aromatic heterocycles. The van der Waals surface area contributed by atoms with Gasteiger partial charge in [0.05, 0.1) is 0 Å². The number of rotatable bonds is 4. The van der Waals surface area contributed by atoms with Crippen LogP contribution in [0.25, 0.3) is 0 Å². The van der Waals surface area contributed by atoms with Gasteiger partial charge in [-0.25, -0.2) is 0 Å². The number of hydrogen-bond acceptors (Lipinski definition) is 2. The highest BCUT2D eigenvalue weighted by molar-refractivity contribution is 5.94. The second kappa shape index (κ2) is 6.86. The summed E-state index contributed by atoms with van der Waals surface area (Å²) >= 11 is 0. The van der Waals surface area contributed by atoms with Crippen LogP contribution in [-0.4, -0.2) is 30.4 Å². The summed E-state index contributed by atoms with van der Waals surface area (Å²) in [7, 11) is 0. The molecule has 23 heavy (non-hydrogen) atoms. The van der Waals surface area contributed by atoms with Crippen molar-refractivity contribution in [1.29, 1.82) is 0 Å². The maximum absolute atomic E-state index is 12.7. The molecule has 1 aliphatic heterocycles. The summed E-state index contributed by atoms with van der Waals surface area (Å²) in [6.07, 6.45) is 0.944. The lowest BCUT2D eigenvalue weighted by Crippen LogP contribution is -2.35. The van der Waals surface area contributed by atoms with Crippen molar-refractivity contribution < 1.29 is 4.79 Å². The summed E-state index contributed by atoms with van der Waals surface area (Å²) < 4.78 is 0. The van der Waals surface area contributed by atoms with E-state index in [1.807, 2.05) is 23.1 Å². The molecule has 3 nitrogen and oxygen atoms in total. The van der Waals surface area contributed by atoms with Gasteiger partial charge in [-0.15, -0.1) is 0 Å². The number of benzene rings is 2. The molecule has 1 heterocycles. The van der Waals surface area contributed by atoms with Crippen molar-refractivity contribution in [2.75, 3.05) is 24.5 Å². The van der Waals surface area contributed by atoms with Crippen molar-refractivity contribution in [2.24, 2.45) is 0 Å². The molecule has 2 aromatic carbocycles. The van der Waals surface area contributed by atoms with E-state index in [4.69, 9.17) is 0 Å². The molecule has 1 amide bonds. The van der Waals surface area contributed by atoms with Crippen LogP contribution in [0.15, 0.2) is 48.5 Å². The standard InChI is InChI=1S/C20H24N2O/c1-3-21(4-2)19-11-9-17(10-12-19)20(23)22-14-13-16-7-5-6-8-18(16)15-22/h5-12H,3-4,13-15H2,1-2H3. The fourth-order valence-corrected chi connectivity index (χ4v) is 3.26. The molecule has 0 aliphatic carbocycles. The maximum atomic E-state index is 12.7. The van der Waals surface area contributed by atoms with Crippen molar-refractivity contribution in [2.45, 2.75) is 26.8 Å². The molecular formula is C20H24N2O. The molecule has 2 aromatic rings. The predicted molar refractivity (Wildman–Crippen MR) is 94.9 cm³/mol. The molecule has 3 rings (SSSR count). The molecule has 0 bridgehead atoms. The van der Waals surface area contributed by atoms with Gasteiger partial charge in [0, 0.05) is 37.4 Å². The van der Waals surface area contributed by atoms with Crippen LogP contribution in [0.2, 0.25) is 0 Å². The van der Waals surface area contributed by atoms with Gasteiger partial charge in [0.1, 0.15) is 0 Å². The Bertz CT molecular complexity index is 674. The van der Waals surface area contributed by atoms with Crippen LogP contribution in [-0.2, 0) is 13.0 Å². The van der Waals surface area contributed by atoms with Gasteiger partial charge in [0.15, 0.2) is 0 Å². The van der Waals surface area contributed by atoms with E-state index in [1.54, 1.807) is 0 Å². The third-order valence-electron chi connectivity index (χ3n) is 4.66. The normalized spacial score (nSPS) is 13.6. The smallest absolute Gasteiger partial charge is 0.254 e. The highest BCUT2D eigenvalue weighted by Crippen LogP contribution is 2.21. The molecule has 0 N–H and O–H groups in total. The van der Waals surface area contributed by atoms with E-state index in [1.165, 1.54) is 16.8 Å². The van der Waals surface area contributed by atoms with Crippen LogP contribution in [0.5, 0.6) is 0 Å². The first kappa shape index (κ1) is 15.6. The van der Waals surface area contributed by atoms with Crippen LogP contribution in [0.1, 0.15) is 35.3 Å². The lowest BCUT2D eigenvalue weighted by atomic mass is 9.99. The van der Waals surface area contributed by atoms with Gasteiger partial charge in [0.25, 0.3) is 5.91 Å². The minimum absolute atomic E-state index is 0.130. The molecule has 0 atom stereocenters. The summed E-state index contributed by atoms with van der Waals surface area (Å²) in [5, 5.41) is 0. The summed E-state index contributed by atoms with van der Waals surface area (Å²) in [5.41, 5.74) is 4.59. The second-order valence-electron chi connectivity index (χ2n) is 5.96. The number of carbonyl (C=O) groups excluding carboxylic acids is 1. The average molecular weight is 308 g/mol. The van der Waals surface area contributed by atoms with E-state index in [-0.39, 0.29) is 5.91 Å². The fraction of sp³-hybridized carbons (Fsp3) is 0.350. The third-order valence-corrected chi connectivity index (χ3v) is 4.66. The first-order valence-corrected chi connectivity index (χ1v) is 8.44. The van der Waals surface area contributed by atoms with Gasteiger partial charge in [-0.3, -0.25) is 4.79 Å². The Labute approximate surface area is 138 Å². The van der Waals surface area contributed by atoms with Crippen LogP contribution >= 0.6 is 0 Å². The molecule has 0 unspecified atom stereocenters. The number of carbonyl (C=O) groups is 1. The van der Waals surface area contributed by atoms with E-state index < -0.39 is 0 Å². The quantitative estimate of drug-likeness (QED) is 0.859. The van der Waals surface area contributed by atoms with Gasteiger partial charge in [0.2, 0.25) is 0 Å². The second-order valence-corrected chi connectivity index (χ2v) is 5.96. The number of hydrogen-bond donors (Lipinski definition) is 0. The Kier molecular flexibility index (Phi) is 4.65. The first-order chi connectivity index (χ1) is 11.2. The number of amides is 1. The zero-order valence-electron chi connectivity index (χ0n) is 14.0. The molecule has 1 aliphatic rings. The van der Waals surface area contributed by atoms with Crippen LogP contribution in [0.4, 0.5) is 5.69 Å². The van der Waals surface area contributed by atoms with Gasteiger partial charge in [-0.05, 0) is 55.7 Å². The summed E-state index contributed by atoms with van der Waals surface area (Å²) in [4.78, 5) is 17.0. The zero-order chi connectivity index (χ0) is 16.2. The van der Waals surface area contributed by atoms with Crippen LogP contribution in [0, 0.1) is 0 Å². The van der Waals surface area contributed by atoms with Gasteiger partial charge in [-0.1, -0.05) is 24.3 Å². The Hall–Kier alpha value is -2.29. The highest BCUT2D eigenvalue weighted by Gasteiger charge is 2.21. The Morgan fingerprint density at radius 1 is 1.00 bits per heavy atom. The number of nitrogens with zero attached hydrogens (tertiary/aromatic N) is 2. The minimum atomic E-state index is 0.130. The first-order valence-electron chi connectivity index (χ1n) is 8.44. The molecule has 0 saturated carbocycles. The molecule has 0 spiro atoms. The molecule has 120 valence electrons. The monoisotopic (exact) mass is 308 g/mol. The van der Waals surface area contributed by atoms with Gasteiger partial charge >= 0.3 is 0 Å². The predicted octanol–water partition coefficient (Wildman–Crippen LogP) is 3.73. The lowest BCUT2D eigenvalue weighted by Gasteiger charge is -2.29. The van der Waals surface area contributed by atoms with E-state index >= 15 is 0 Å². The van der Waals surface area contributed by atoms with E-state index in [0.29, 0.717) is 6.54 Å². The molecule has 0 radical (unpaired) electrons. The summed E-state index contributed by atoms with van der Waals surface area (Å²) in [5.74, 6) is 0.130. The lowest BCUT2D eigenvalue weighted by molar-refractivity contribution is 0.0735. The van der Waals surface area contributed by atoms with Crippen molar-refractivity contribution in [3.05, 3.63) is 65.2 Å². The molecule has 0 saturated heterocycles. The third kappa shape index (κ3) is 3.24. The van der Waals surface area contributed by atoms with Crippen molar-refractivity contribution in [3.63, 3.8) is 0 Å². The highest BCUT2D eigenvalue weighted by atomic mass is 16.2. The van der Waals surface area contributed by atoms with E-state index in [2.05, 4.69) is 49.1 Å². The van der Waals surface area contributed by atoms with Crippen molar-refractivity contribution in [3.8, 4) is 0 Å². The molecular weight excluding hydrogens is 284 g/mol. The Balaban J connectivity index is 1.74. The molecule has 0 fully saturated rings. The maximum Gasteiger partial charge on any atom is 0.254 e. The minimum Gasteiger partial charge on any atom is -0.372 e. The number of anilines is 1. The molecule has 3 heteroatoms. The Morgan fingerprint density at radius 2 is 1.65 bits per heavy atom. The summed E-state index contributed by atoms with van der Waals surface area (Å²) in [6.45, 7) is 7.77. The topological polar surface area (TPSA) is 23.6 Å². The van der Waals surface area contributed by atoms with E-state index in [9.17, 15) is 4.79 Å². The van der Waals surface area contributed by atoms with Crippen LogP contribution in [0.3, 0.4) is 0 Å². The average Bonchev–Trinajstić information content (AvgIpc) is 2.62. The van der Waals surface area contributed by atoms with Crippen molar-refractivity contribution in [1.82, 2.24) is 4.90 Å².